The number of rotatable bonds is 6. The first-order valence-electron chi connectivity index (χ1n) is 5.72. The Labute approximate surface area is 116 Å². The zero-order chi connectivity index (χ0) is 14.3. The Hall–Kier alpha value is -2.06. The average Bonchev–Trinajstić information content (AvgIpc) is 2.37. The van der Waals surface area contributed by atoms with Crippen LogP contribution < -0.4 is 5.32 Å². The molecule has 0 bridgehead atoms. The second-order valence-electron chi connectivity index (χ2n) is 3.84. The van der Waals surface area contributed by atoms with Gasteiger partial charge >= 0.3 is 0 Å². The van der Waals surface area contributed by atoms with Crippen molar-refractivity contribution in [3.63, 3.8) is 0 Å². The van der Waals surface area contributed by atoms with Crippen molar-refractivity contribution in [2.24, 2.45) is 0 Å². The van der Waals surface area contributed by atoms with Gasteiger partial charge in [-0.3, -0.25) is 14.9 Å². The van der Waals surface area contributed by atoms with Crippen molar-refractivity contribution in [2.75, 3.05) is 6.54 Å². The van der Waals surface area contributed by atoms with Crippen molar-refractivity contribution < 1.29 is 9.72 Å². The molecule has 0 atom stereocenters. The average molecular weight is 281 g/mol. The number of carbonyl (C=O) groups is 1. The molecular weight excluding hydrogens is 268 g/mol. The number of hydrogen-bond donors (Lipinski definition) is 1. The first-order valence-corrected chi connectivity index (χ1v) is 6.09. The van der Waals surface area contributed by atoms with Crippen molar-refractivity contribution in [2.45, 2.75) is 19.3 Å². The number of benzene rings is 1. The molecule has 0 saturated heterocycles. The van der Waals surface area contributed by atoms with Crippen LogP contribution in [-0.4, -0.2) is 17.4 Å². The SMILES string of the molecule is C#CCCCCNC(=O)c1ccc([N+](=O)[O-])c(Cl)c1. The fraction of sp³-hybridized carbons (Fsp3) is 0.308. The Bertz CT molecular complexity index is 523. The van der Waals surface area contributed by atoms with Gasteiger partial charge in [0.05, 0.1) is 4.92 Å². The van der Waals surface area contributed by atoms with Gasteiger partial charge in [-0.1, -0.05) is 11.6 Å². The number of carbonyl (C=O) groups excluding carboxylic acids is 1. The van der Waals surface area contributed by atoms with Gasteiger partial charge in [-0.25, -0.2) is 0 Å². The van der Waals surface area contributed by atoms with Gasteiger partial charge in [0.15, 0.2) is 0 Å². The Balaban J connectivity index is 2.56. The van der Waals surface area contributed by atoms with Gasteiger partial charge in [-0.15, -0.1) is 12.3 Å². The molecule has 1 N–H and O–H groups in total. The van der Waals surface area contributed by atoms with Gasteiger partial charge in [0.1, 0.15) is 5.02 Å². The number of terminal acetylenes is 1. The van der Waals surface area contributed by atoms with Gasteiger partial charge in [-0.05, 0) is 25.0 Å². The third kappa shape index (κ3) is 4.60. The number of hydrogen-bond acceptors (Lipinski definition) is 3. The van der Waals surface area contributed by atoms with Gasteiger partial charge in [0.25, 0.3) is 11.6 Å². The molecule has 0 saturated carbocycles. The number of nitrogens with zero attached hydrogens (tertiary/aromatic N) is 1. The van der Waals surface area contributed by atoms with Gasteiger partial charge in [0, 0.05) is 24.6 Å². The maximum atomic E-state index is 11.7. The van der Waals surface area contributed by atoms with Gasteiger partial charge in [-0.2, -0.15) is 0 Å². The highest BCUT2D eigenvalue weighted by molar-refractivity contribution is 6.33. The molecule has 1 rings (SSSR count). The van der Waals surface area contributed by atoms with E-state index in [9.17, 15) is 14.9 Å². The van der Waals surface area contributed by atoms with Crippen LogP contribution in [0.1, 0.15) is 29.6 Å². The van der Waals surface area contributed by atoms with Crippen LogP contribution in [0.2, 0.25) is 5.02 Å². The van der Waals surface area contributed by atoms with E-state index in [1.54, 1.807) is 0 Å². The molecule has 19 heavy (non-hydrogen) atoms. The molecule has 0 radical (unpaired) electrons. The van der Waals surface area contributed by atoms with Crippen LogP contribution in [0.3, 0.4) is 0 Å². The van der Waals surface area contributed by atoms with E-state index in [1.807, 2.05) is 0 Å². The lowest BCUT2D eigenvalue weighted by Crippen LogP contribution is -2.24. The Kier molecular flexibility index (Phi) is 5.83. The molecule has 100 valence electrons. The molecule has 0 spiro atoms. The summed E-state index contributed by atoms with van der Waals surface area (Å²) in [6, 6.07) is 3.88. The molecule has 0 fully saturated rings. The first-order chi connectivity index (χ1) is 9.06. The van der Waals surface area contributed by atoms with Gasteiger partial charge < -0.3 is 5.32 Å². The van der Waals surface area contributed by atoms with E-state index in [0.29, 0.717) is 18.5 Å². The molecule has 1 aromatic rings. The van der Waals surface area contributed by atoms with Crippen LogP contribution >= 0.6 is 11.6 Å². The number of nitrogens with one attached hydrogen (secondary N) is 1. The third-order valence-corrected chi connectivity index (χ3v) is 2.74. The van der Waals surface area contributed by atoms with Gasteiger partial charge in [0.2, 0.25) is 0 Å². The molecule has 0 unspecified atom stereocenters. The lowest BCUT2D eigenvalue weighted by Gasteiger charge is -2.05. The summed E-state index contributed by atoms with van der Waals surface area (Å²) in [6.45, 7) is 0.509. The van der Waals surface area contributed by atoms with Crippen LogP contribution in [-0.2, 0) is 0 Å². The van der Waals surface area contributed by atoms with Crippen LogP contribution in [0.25, 0.3) is 0 Å². The molecule has 0 aliphatic carbocycles. The van der Waals surface area contributed by atoms with Crippen molar-refractivity contribution in [3.05, 3.63) is 38.9 Å². The molecule has 0 aliphatic heterocycles. The van der Waals surface area contributed by atoms with E-state index in [1.165, 1.54) is 18.2 Å². The molecule has 1 aromatic carbocycles. The molecule has 0 aromatic heterocycles. The number of halogens is 1. The highest BCUT2D eigenvalue weighted by Crippen LogP contribution is 2.24. The van der Waals surface area contributed by atoms with E-state index in [4.69, 9.17) is 18.0 Å². The smallest absolute Gasteiger partial charge is 0.287 e. The maximum absolute atomic E-state index is 11.7. The molecule has 6 heteroatoms. The largest absolute Gasteiger partial charge is 0.352 e. The van der Waals surface area contributed by atoms with Crippen molar-refractivity contribution in [1.82, 2.24) is 5.32 Å². The normalized spacial score (nSPS) is 9.68. The number of unbranched alkanes of at least 4 members (excludes halogenated alkanes) is 2. The van der Waals surface area contributed by atoms with Crippen molar-refractivity contribution in [3.8, 4) is 12.3 Å². The van der Waals surface area contributed by atoms with E-state index >= 15 is 0 Å². The maximum Gasteiger partial charge on any atom is 0.287 e. The van der Waals surface area contributed by atoms with Crippen LogP contribution in [0, 0.1) is 22.5 Å². The van der Waals surface area contributed by atoms with E-state index in [2.05, 4.69) is 11.2 Å². The summed E-state index contributed by atoms with van der Waals surface area (Å²) in [5.41, 5.74) is 0.0831. The summed E-state index contributed by atoms with van der Waals surface area (Å²) in [5, 5.41) is 13.2. The summed E-state index contributed by atoms with van der Waals surface area (Å²) < 4.78 is 0. The summed E-state index contributed by atoms with van der Waals surface area (Å²) in [4.78, 5) is 21.7. The Morgan fingerprint density at radius 3 is 2.79 bits per heavy atom. The second kappa shape index (κ2) is 7.39. The monoisotopic (exact) mass is 280 g/mol. The van der Waals surface area contributed by atoms with E-state index < -0.39 is 4.92 Å². The molecule has 0 aliphatic rings. The zero-order valence-corrected chi connectivity index (χ0v) is 10.9. The van der Waals surface area contributed by atoms with Crippen LogP contribution in [0.4, 0.5) is 5.69 Å². The van der Waals surface area contributed by atoms with Crippen LogP contribution in [0.5, 0.6) is 0 Å². The Morgan fingerprint density at radius 2 is 2.21 bits per heavy atom. The fourth-order valence-corrected chi connectivity index (χ4v) is 1.70. The van der Waals surface area contributed by atoms with Crippen molar-refractivity contribution >= 4 is 23.2 Å². The first kappa shape index (κ1) is 15.0. The predicted octanol–water partition coefficient (Wildman–Crippen LogP) is 2.78. The molecular formula is C13H13ClN2O3. The standard InChI is InChI=1S/C13H13ClN2O3/c1-2-3-4-5-8-15-13(17)10-6-7-12(16(18)19)11(14)9-10/h1,6-7,9H,3-5,8H2,(H,15,17). The Morgan fingerprint density at radius 1 is 1.47 bits per heavy atom. The summed E-state index contributed by atoms with van der Waals surface area (Å²) in [5.74, 6) is 2.21. The number of nitro groups is 1. The van der Waals surface area contributed by atoms with Crippen LogP contribution in [0.15, 0.2) is 18.2 Å². The number of amides is 1. The molecule has 5 nitrogen and oxygen atoms in total. The summed E-state index contributed by atoms with van der Waals surface area (Å²) in [6.07, 6.45) is 7.42. The number of nitro benzene ring substituents is 1. The van der Waals surface area contributed by atoms with Crippen molar-refractivity contribution in [1.29, 1.82) is 0 Å². The highest BCUT2D eigenvalue weighted by Gasteiger charge is 2.14. The zero-order valence-electron chi connectivity index (χ0n) is 10.2. The van der Waals surface area contributed by atoms with E-state index in [-0.39, 0.29) is 16.6 Å². The quantitative estimate of drug-likeness (QED) is 0.377. The third-order valence-electron chi connectivity index (χ3n) is 2.44. The molecule has 1 amide bonds. The predicted molar refractivity (Wildman–Crippen MR) is 73.1 cm³/mol. The minimum absolute atomic E-state index is 0.0509. The minimum atomic E-state index is -0.593. The highest BCUT2D eigenvalue weighted by atomic mass is 35.5. The topological polar surface area (TPSA) is 72.2 Å². The lowest BCUT2D eigenvalue weighted by atomic mass is 10.2. The fourth-order valence-electron chi connectivity index (χ4n) is 1.45. The minimum Gasteiger partial charge on any atom is -0.352 e. The lowest BCUT2D eigenvalue weighted by molar-refractivity contribution is -0.384. The summed E-state index contributed by atoms with van der Waals surface area (Å²) in [7, 11) is 0. The summed E-state index contributed by atoms with van der Waals surface area (Å²) >= 11 is 5.73. The second-order valence-corrected chi connectivity index (χ2v) is 4.25. The van der Waals surface area contributed by atoms with E-state index in [0.717, 1.165) is 12.8 Å². The molecule has 0 heterocycles.